The molecule has 0 bridgehead atoms. The lowest BCUT2D eigenvalue weighted by Crippen LogP contribution is -2.57. The molecule has 2 aromatic rings. The smallest absolute Gasteiger partial charge is 0.254 e. The maximum atomic E-state index is 12.8. The second kappa shape index (κ2) is 6.76. The van der Waals surface area contributed by atoms with E-state index in [9.17, 15) is 13.2 Å². The van der Waals surface area contributed by atoms with Gasteiger partial charge < -0.3 is 9.64 Å². The number of rotatable bonds is 4. The number of carbonyl (C=O) groups excluding carboxylic acids is 1. The lowest BCUT2D eigenvalue weighted by molar-refractivity contribution is 0.0657. The number of ether oxygens (including phenoxy) is 1. The van der Waals surface area contributed by atoms with E-state index < -0.39 is 15.1 Å². The van der Waals surface area contributed by atoms with Gasteiger partial charge in [-0.25, -0.2) is 8.42 Å². The summed E-state index contributed by atoms with van der Waals surface area (Å²) in [5.41, 5.74) is 3.64. The maximum Gasteiger partial charge on any atom is 0.254 e. The quantitative estimate of drug-likeness (QED) is 0.827. The Kier molecular flexibility index (Phi) is 4.80. The molecule has 1 heterocycles. The molecule has 0 aliphatic carbocycles. The molecule has 26 heavy (non-hydrogen) atoms. The average molecular weight is 373 g/mol. The largest absolute Gasteiger partial charge is 0.497 e. The highest BCUT2D eigenvalue weighted by Gasteiger charge is 2.41. The molecule has 0 atom stereocenters. The van der Waals surface area contributed by atoms with Gasteiger partial charge >= 0.3 is 0 Å². The summed E-state index contributed by atoms with van der Waals surface area (Å²) in [4.78, 5) is 14.7. The number of sulfone groups is 1. The molecule has 138 valence electrons. The van der Waals surface area contributed by atoms with E-state index in [1.165, 1.54) is 7.11 Å². The summed E-state index contributed by atoms with van der Waals surface area (Å²) in [5, 5.41) is -0.564. The third-order valence-electron chi connectivity index (χ3n) is 4.85. The van der Waals surface area contributed by atoms with Crippen LogP contribution in [-0.4, -0.2) is 44.7 Å². The number of carbonyl (C=O) groups is 1. The van der Waals surface area contributed by atoms with Crippen molar-refractivity contribution < 1.29 is 17.9 Å². The highest BCUT2D eigenvalue weighted by molar-refractivity contribution is 7.92. The first kappa shape index (κ1) is 18.5. The van der Waals surface area contributed by atoms with Gasteiger partial charge in [0.05, 0.1) is 12.0 Å². The van der Waals surface area contributed by atoms with Gasteiger partial charge in [-0.15, -0.1) is 0 Å². The minimum absolute atomic E-state index is 0.0961. The maximum absolute atomic E-state index is 12.8. The molecule has 0 spiro atoms. The predicted molar refractivity (Wildman–Crippen MR) is 101 cm³/mol. The highest BCUT2D eigenvalue weighted by atomic mass is 32.2. The van der Waals surface area contributed by atoms with Crippen LogP contribution in [0.1, 0.15) is 27.0 Å². The molecule has 1 aliphatic heterocycles. The van der Waals surface area contributed by atoms with Crippen LogP contribution in [0.5, 0.6) is 5.75 Å². The van der Waals surface area contributed by atoms with Crippen LogP contribution in [0.2, 0.25) is 0 Å². The van der Waals surface area contributed by atoms with Gasteiger partial charge in [-0.2, -0.15) is 0 Å². The molecule has 0 unspecified atom stereocenters. The van der Waals surface area contributed by atoms with Crippen LogP contribution in [0.25, 0.3) is 0 Å². The van der Waals surface area contributed by atoms with Crippen LogP contribution in [0.4, 0.5) is 0 Å². The zero-order valence-corrected chi connectivity index (χ0v) is 16.3. The monoisotopic (exact) mass is 373 g/mol. The molecule has 0 N–H and O–H groups in total. The summed E-state index contributed by atoms with van der Waals surface area (Å²) in [7, 11) is -1.92. The third-order valence-corrected chi connectivity index (χ3v) is 6.96. The zero-order valence-electron chi connectivity index (χ0n) is 15.4. The van der Waals surface area contributed by atoms with E-state index in [1.54, 1.807) is 29.2 Å². The standard InChI is InChI=1S/C20H23NO4S/c1-13-9-14(2)19(15(3)10-13)20(22)21-11-18(12-21)26(23,24)17-7-5-16(25-4)6-8-17/h5-10,18H,11-12H2,1-4H3. The predicted octanol–water partition coefficient (Wildman–Crippen LogP) is 2.92. The van der Waals surface area contributed by atoms with Gasteiger partial charge in [0.25, 0.3) is 5.91 Å². The molecule has 1 aliphatic rings. The highest BCUT2D eigenvalue weighted by Crippen LogP contribution is 2.28. The molecule has 1 fully saturated rings. The zero-order chi connectivity index (χ0) is 19.1. The van der Waals surface area contributed by atoms with Crippen molar-refractivity contribution in [2.75, 3.05) is 20.2 Å². The molecular formula is C20H23NO4S. The van der Waals surface area contributed by atoms with Gasteiger partial charge in [-0.3, -0.25) is 4.79 Å². The molecule has 0 aromatic heterocycles. The SMILES string of the molecule is COc1ccc(S(=O)(=O)C2CN(C(=O)c3c(C)cc(C)cc3C)C2)cc1. The van der Waals surface area contributed by atoms with Gasteiger partial charge in [0.1, 0.15) is 11.0 Å². The van der Waals surface area contributed by atoms with Crippen molar-refractivity contribution in [3.8, 4) is 5.75 Å². The van der Waals surface area contributed by atoms with Crippen molar-refractivity contribution in [1.82, 2.24) is 4.90 Å². The Morgan fingerprint density at radius 3 is 2.08 bits per heavy atom. The van der Waals surface area contributed by atoms with Crippen molar-refractivity contribution in [3.05, 3.63) is 58.7 Å². The Labute approximate surface area is 154 Å². The molecule has 2 aromatic carbocycles. The first-order valence-electron chi connectivity index (χ1n) is 8.49. The summed E-state index contributed by atoms with van der Waals surface area (Å²) < 4.78 is 30.5. The van der Waals surface area contributed by atoms with Crippen LogP contribution >= 0.6 is 0 Å². The van der Waals surface area contributed by atoms with E-state index in [0.717, 1.165) is 16.7 Å². The molecule has 0 saturated carbocycles. The fraction of sp³-hybridized carbons (Fsp3) is 0.350. The first-order chi connectivity index (χ1) is 12.2. The second-order valence-electron chi connectivity index (χ2n) is 6.83. The van der Waals surface area contributed by atoms with Crippen molar-refractivity contribution in [1.29, 1.82) is 0 Å². The van der Waals surface area contributed by atoms with E-state index in [4.69, 9.17) is 4.74 Å². The minimum atomic E-state index is -3.45. The van der Waals surface area contributed by atoms with Gasteiger partial charge in [0.15, 0.2) is 9.84 Å². The van der Waals surface area contributed by atoms with Crippen molar-refractivity contribution in [3.63, 3.8) is 0 Å². The minimum Gasteiger partial charge on any atom is -0.497 e. The second-order valence-corrected chi connectivity index (χ2v) is 9.05. The van der Waals surface area contributed by atoms with Crippen LogP contribution in [0, 0.1) is 20.8 Å². The van der Waals surface area contributed by atoms with Gasteiger partial charge in [0.2, 0.25) is 0 Å². The van der Waals surface area contributed by atoms with Crippen molar-refractivity contribution in [2.45, 2.75) is 30.9 Å². The fourth-order valence-corrected chi connectivity index (χ4v) is 5.09. The van der Waals surface area contributed by atoms with Crippen molar-refractivity contribution in [2.24, 2.45) is 0 Å². The lowest BCUT2D eigenvalue weighted by Gasteiger charge is -2.39. The summed E-state index contributed by atoms with van der Waals surface area (Å²) in [5.74, 6) is 0.515. The van der Waals surface area contributed by atoms with Gasteiger partial charge in [-0.1, -0.05) is 17.7 Å². The van der Waals surface area contributed by atoms with Crippen LogP contribution in [0.3, 0.4) is 0 Å². The Bertz CT molecular complexity index is 919. The van der Waals surface area contributed by atoms with E-state index in [1.807, 2.05) is 32.9 Å². The van der Waals surface area contributed by atoms with E-state index in [0.29, 0.717) is 11.3 Å². The number of nitrogens with zero attached hydrogens (tertiary/aromatic N) is 1. The summed E-state index contributed by atoms with van der Waals surface area (Å²) in [6.45, 7) is 6.27. The Morgan fingerprint density at radius 2 is 1.58 bits per heavy atom. The Morgan fingerprint density at radius 1 is 1.04 bits per heavy atom. The molecule has 3 rings (SSSR count). The summed E-state index contributed by atoms with van der Waals surface area (Å²) in [6, 6.07) is 10.3. The van der Waals surface area contributed by atoms with Crippen LogP contribution < -0.4 is 4.74 Å². The van der Waals surface area contributed by atoms with Gasteiger partial charge in [-0.05, 0) is 56.2 Å². The van der Waals surface area contributed by atoms with Crippen molar-refractivity contribution >= 4 is 15.7 Å². The molecule has 1 amide bonds. The van der Waals surface area contributed by atoms with Gasteiger partial charge in [0, 0.05) is 18.7 Å². The number of amides is 1. The lowest BCUT2D eigenvalue weighted by atomic mass is 9.97. The first-order valence-corrected chi connectivity index (χ1v) is 10.0. The molecule has 6 heteroatoms. The molecule has 5 nitrogen and oxygen atoms in total. The number of benzene rings is 2. The summed E-state index contributed by atoms with van der Waals surface area (Å²) in [6.07, 6.45) is 0. The Hall–Kier alpha value is -2.34. The van der Waals surface area contributed by atoms with Crippen LogP contribution in [0.15, 0.2) is 41.3 Å². The summed E-state index contributed by atoms with van der Waals surface area (Å²) >= 11 is 0. The molecule has 1 saturated heterocycles. The van der Waals surface area contributed by atoms with E-state index in [-0.39, 0.29) is 23.9 Å². The number of aryl methyl sites for hydroxylation is 3. The fourth-order valence-electron chi connectivity index (χ4n) is 3.43. The molecular weight excluding hydrogens is 350 g/mol. The number of hydrogen-bond donors (Lipinski definition) is 0. The van der Waals surface area contributed by atoms with E-state index in [2.05, 4.69) is 0 Å². The number of methoxy groups -OCH3 is 1. The number of hydrogen-bond acceptors (Lipinski definition) is 4. The number of likely N-dealkylation sites (tertiary alicyclic amines) is 1. The third kappa shape index (κ3) is 3.21. The normalized spacial score (nSPS) is 14.8. The van der Waals surface area contributed by atoms with E-state index >= 15 is 0 Å². The Balaban J connectivity index is 1.74. The topological polar surface area (TPSA) is 63.7 Å². The van der Waals surface area contributed by atoms with Crippen LogP contribution in [-0.2, 0) is 9.84 Å². The average Bonchev–Trinajstić information content (AvgIpc) is 2.52. The molecule has 0 radical (unpaired) electrons.